The van der Waals surface area contributed by atoms with Crippen LogP contribution in [0.1, 0.15) is 129 Å². The van der Waals surface area contributed by atoms with Gasteiger partial charge in [-0.2, -0.15) is 0 Å². The second-order valence-electron chi connectivity index (χ2n) is 14.7. The van der Waals surface area contributed by atoms with E-state index in [2.05, 4.69) is 74.5 Å². The van der Waals surface area contributed by atoms with E-state index in [9.17, 15) is 0 Å². The molecule has 264 valence electrons. The molecule has 7 aromatic rings. The molecule has 0 radical (unpaired) electrons. The summed E-state index contributed by atoms with van der Waals surface area (Å²) in [4.78, 5) is 0. The van der Waals surface area contributed by atoms with E-state index in [1.807, 2.05) is 0 Å². The highest BCUT2D eigenvalue weighted by molar-refractivity contribution is 7.95. The molecule has 0 aliphatic carbocycles. The van der Waals surface area contributed by atoms with Gasteiger partial charge in [0.05, 0.1) is 24.1 Å². The first-order valence-corrected chi connectivity index (χ1v) is 21.9. The van der Waals surface area contributed by atoms with Gasteiger partial charge >= 0.3 is 0 Å². The van der Waals surface area contributed by atoms with E-state index in [1.165, 1.54) is 180 Å². The fourth-order valence-electron chi connectivity index (χ4n) is 8.32. The Balaban J connectivity index is 1.13. The van der Waals surface area contributed by atoms with Gasteiger partial charge in [-0.1, -0.05) is 165 Å². The quantitative estimate of drug-likeness (QED) is 0.0270. The molecular formula is C46H56O2S2. The van der Waals surface area contributed by atoms with E-state index in [1.54, 1.807) is 24.1 Å². The first kappa shape index (κ1) is 35.6. The summed E-state index contributed by atoms with van der Waals surface area (Å²) in [5.74, 6) is 3.80. The smallest absolute Gasteiger partial charge is 0.189 e. The first-order valence-electron chi connectivity index (χ1n) is 20.0. The lowest BCUT2D eigenvalue weighted by atomic mass is 9.82. The minimum absolute atomic E-state index is 0.901. The van der Waals surface area contributed by atoms with E-state index in [0.29, 0.717) is 0 Å². The van der Waals surface area contributed by atoms with Crippen molar-refractivity contribution < 1.29 is 8.37 Å². The Bertz CT molecular complexity index is 1910. The highest BCUT2D eigenvalue weighted by Crippen LogP contribution is 2.54. The van der Waals surface area contributed by atoms with Gasteiger partial charge in [-0.3, -0.25) is 0 Å². The van der Waals surface area contributed by atoms with E-state index in [4.69, 9.17) is 8.37 Å². The van der Waals surface area contributed by atoms with Gasteiger partial charge in [-0.05, 0) is 68.1 Å². The molecule has 0 aromatic heterocycles. The third kappa shape index (κ3) is 7.54. The van der Waals surface area contributed by atoms with Crippen LogP contribution in [0.4, 0.5) is 0 Å². The topological polar surface area (TPSA) is 18.5 Å². The second-order valence-corrected chi connectivity index (χ2v) is 16.3. The minimum Gasteiger partial charge on any atom is -0.421 e. The highest BCUT2D eigenvalue weighted by Gasteiger charge is 2.26. The summed E-state index contributed by atoms with van der Waals surface area (Å²) in [7, 11) is 0. The number of rotatable bonds is 24. The monoisotopic (exact) mass is 704 g/mol. The Hall–Kier alpha value is -2.82. The van der Waals surface area contributed by atoms with Crippen LogP contribution in [0, 0.1) is 0 Å². The minimum atomic E-state index is 0.901. The first-order chi connectivity index (χ1) is 24.8. The van der Waals surface area contributed by atoms with Crippen LogP contribution >= 0.6 is 24.1 Å². The van der Waals surface area contributed by atoms with Gasteiger partial charge in [0.1, 0.15) is 0 Å². The SMILES string of the molecule is CCCCCCCCCCCSOc1c(OSCCCCCCCCCCC)c2ccc3ccc4ccc5ccc6ccc1c1c6c5c4c3c21. The van der Waals surface area contributed by atoms with Crippen molar-refractivity contribution in [2.24, 2.45) is 0 Å². The van der Waals surface area contributed by atoms with Gasteiger partial charge in [0.2, 0.25) is 0 Å². The zero-order valence-electron chi connectivity index (χ0n) is 30.5. The molecule has 0 N–H and O–H groups in total. The van der Waals surface area contributed by atoms with Gasteiger partial charge in [-0.15, -0.1) is 0 Å². The van der Waals surface area contributed by atoms with Crippen LogP contribution in [-0.4, -0.2) is 11.5 Å². The zero-order valence-corrected chi connectivity index (χ0v) is 32.2. The maximum absolute atomic E-state index is 6.79. The van der Waals surface area contributed by atoms with Crippen LogP contribution in [0.5, 0.6) is 11.5 Å². The van der Waals surface area contributed by atoms with Gasteiger partial charge in [-0.25, -0.2) is 0 Å². The van der Waals surface area contributed by atoms with Crippen molar-refractivity contribution in [3.63, 3.8) is 0 Å². The van der Waals surface area contributed by atoms with Crippen molar-refractivity contribution in [3.05, 3.63) is 60.7 Å². The number of unbranched alkanes of at least 4 members (excludes halogenated alkanes) is 16. The molecule has 0 fully saturated rings. The molecule has 0 saturated carbocycles. The molecule has 0 heterocycles. The van der Waals surface area contributed by atoms with Crippen molar-refractivity contribution in [1.29, 1.82) is 0 Å². The fourth-order valence-corrected chi connectivity index (χ4v) is 9.69. The summed E-state index contributed by atoms with van der Waals surface area (Å²) in [6.45, 7) is 4.59. The van der Waals surface area contributed by atoms with E-state index < -0.39 is 0 Å². The Morgan fingerprint density at radius 1 is 0.340 bits per heavy atom. The average molecular weight is 705 g/mol. The highest BCUT2D eigenvalue weighted by atomic mass is 32.2. The average Bonchev–Trinajstić information content (AvgIpc) is 3.15. The van der Waals surface area contributed by atoms with Gasteiger partial charge in [0.25, 0.3) is 0 Å². The molecule has 0 spiro atoms. The van der Waals surface area contributed by atoms with Crippen LogP contribution in [0.25, 0.3) is 64.6 Å². The Labute approximate surface area is 308 Å². The lowest BCUT2D eigenvalue weighted by Crippen LogP contribution is -1.98. The molecule has 2 nitrogen and oxygen atoms in total. The largest absolute Gasteiger partial charge is 0.421 e. The summed E-state index contributed by atoms with van der Waals surface area (Å²) in [6, 6.07) is 23.0. The molecule has 0 saturated heterocycles. The Morgan fingerprint density at radius 2 is 0.620 bits per heavy atom. The van der Waals surface area contributed by atoms with Crippen LogP contribution in [-0.2, 0) is 0 Å². The predicted molar refractivity (Wildman–Crippen MR) is 226 cm³/mol. The number of hydrogen-bond acceptors (Lipinski definition) is 4. The molecule has 0 unspecified atom stereocenters. The lowest BCUT2D eigenvalue weighted by molar-refractivity contribution is 0.564. The molecule has 0 atom stereocenters. The second kappa shape index (κ2) is 17.6. The summed E-state index contributed by atoms with van der Waals surface area (Å²) in [5, 5.41) is 15.7. The van der Waals surface area contributed by atoms with E-state index >= 15 is 0 Å². The molecule has 7 aromatic carbocycles. The Kier molecular flexibility index (Phi) is 12.5. The van der Waals surface area contributed by atoms with Crippen LogP contribution in [0.2, 0.25) is 0 Å². The van der Waals surface area contributed by atoms with Crippen molar-refractivity contribution in [3.8, 4) is 11.5 Å². The third-order valence-electron chi connectivity index (χ3n) is 11.0. The standard InChI is InChI=1S/C46H56O2S2/c1-3-5-7-9-11-13-15-17-19-31-49-47-45-37-29-27-35-25-23-33-21-22-34-24-26-36-28-30-38(44-42(36)40(34)39(33)41(35)43(37)44)46(45)48-50-32-20-18-16-14-12-10-8-6-4-2/h21-30H,3-20,31-32H2,1-2H3. The maximum atomic E-state index is 6.79. The fraction of sp³-hybridized carbons (Fsp3) is 0.478. The molecule has 4 heteroatoms. The molecule has 0 aliphatic heterocycles. The molecule has 0 amide bonds. The molecular weight excluding hydrogens is 649 g/mol. The van der Waals surface area contributed by atoms with Crippen LogP contribution in [0.3, 0.4) is 0 Å². The molecule has 0 bridgehead atoms. The number of hydrogen-bond donors (Lipinski definition) is 0. The van der Waals surface area contributed by atoms with Gasteiger partial charge < -0.3 is 8.37 Å². The molecule has 50 heavy (non-hydrogen) atoms. The van der Waals surface area contributed by atoms with Crippen molar-refractivity contribution in [1.82, 2.24) is 0 Å². The maximum Gasteiger partial charge on any atom is 0.189 e. The summed E-state index contributed by atoms with van der Waals surface area (Å²) in [5.41, 5.74) is 0. The van der Waals surface area contributed by atoms with Crippen molar-refractivity contribution in [2.45, 2.75) is 129 Å². The van der Waals surface area contributed by atoms with Gasteiger partial charge in [0.15, 0.2) is 11.5 Å². The Morgan fingerprint density at radius 3 is 0.960 bits per heavy atom. The van der Waals surface area contributed by atoms with Gasteiger partial charge in [0, 0.05) is 33.1 Å². The van der Waals surface area contributed by atoms with E-state index in [0.717, 1.165) is 23.0 Å². The number of benzene rings is 7. The van der Waals surface area contributed by atoms with Crippen molar-refractivity contribution >= 4 is 88.7 Å². The third-order valence-corrected chi connectivity index (χ3v) is 12.5. The molecule has 7 rings (SSSR count). The summed E-state index contributed by atoms with van der Waals surface area (Å²) >= 11 is 3.23. The lowest BCUT2D eigenvalue weighted by Gasteiger charge is -2.23. The van der Waals surface area contributed by atoms with Crippen molar-refractivity contribution in [2.75, 3.05) is 11.5 Å². The zero-order chi connectivity index (χ0) is 34.1. The van der Waals surface area contributed by atoms with Crippen LogP contribution < -0.4 is 8.37 Å². The molecule has 0 aliphatic rings. The summed E-state index contributed by atoms with van der Waals surface area (Å²) < 4.78 is 13.6. The summed E-state index contributed by atoms with van der Waals surface area (Å²) in [6.07, 6.45) is 24.1. The van der Waals surface area contributed by atoms with E-state index in [-0.39, 0.29) is 0 Å². The predicted octanol–water partition coefficient (Wildman–Crippen LogP) is 16.0. The normalized spacial score (nSPS) is 12.4. The van der Waals surface area contributed by atoms with Crippen LogP contribution in [0.15, 0.2) is 60.7 Å².